The van der Waals surface area contributed by atoms with Gasteiger partial charge in [-0.3, -0.25) is 9.59 Å². The molecule has 0 bridgehead atoms. The molecule has 0 aromatic heterocycles. The lowest BCUT2D eigenvalue weighted by Gasteiger charge is -2.32. The third-order valence-corrected chi connectivity index (χ3v) is 4.91. The Morgan fingerprint density at radius 3 is 2.37 bits per heavy atom. The maximum absolute atomic E-state index is 12.7. The summed E-state index contributed by atoms with van der Waals surface area (Å²) in [4.78, 5) is 26.6. The summed E-state index contributed by atoms with van der Waals surface area (Å²) in [7, 11) is 0. The zero-order chi connectivity index (χ0) is 19.2. The molecule has 27 heavy (non-hydrogen) atoms. The number of carbonyl (C=O) groups is 2. The number of rotatable bonds is 5. The predicted octanol–water partition coefficient (Wildman–Crippen LogP) is 3.10. The fraction of sp³-hybridized carbons (Fsp3) is 0.364. The summed E-state index contributed by atoms with van der Waals surface area (Å²) in [5.74, 6) is 0.634. The molecule has 0 radical (unpaired) electrons. The van der Waals surface area contributed by atoms with Crippen molar-refractivity contribution >= 4 is 11.8 Å². The standard InChI is InChI=1S/C22H26N2O3/c1-16-7-9-19(10-8-16)27-15-21(25)23-18-11-13-24(14-12-18)22(26)20-6-4-3-5-17(20)2/h3-10,18H,11-15H2,1-2H3,(H,23,25). The largest absolute Gasteiger partial charge is 0.484 e. The Kier molecular flexibility index (Phi) is 6.12. The van der Waals surface area contributed by atoms with Crippen molar-refractivity contribution in [3.63, 3.8) is 0 Å². The van der Waals surface area contributed by atoms with Crippen molar-refractivity contribution in [3.05, 3.63) is 65.2 Å². The van der Waals surface area contributed by atoms with Crippen molar-refractivity contribution in [1.82, 2.24) is 10.2 Å². The number of benzene rings is 2. The van der Waals surface area contributed by atoms with E-state index in [1.165, 1.54) is 0 Å². The highest BCUT2D eigenvalue weighted by Gasteiger charge is 2.25. The molecule has 1 N–H and O–H groups in total. The van der Waals surface area contributed by atoms with Gasteiger partial charge >= 0.3 is 0 Å². The SMILES string of the molecule is Cc1ccc(OCC(=O)NC2CCN(C(=O)c3ccccc3C)CC2)cc1. The second-order valence-electron chi connectivity index (χ2n) is 7.05. The molecular weight excluding hydrogens is 340 g/mol. The van der Waals surface area contributed by atoms with Crippen molar-refractivity contribution in [3.8, 4) is 5.75 Å². The maximum Gasteiger partial charge on any atom is 0.258 e. The number of amides is 2. The lowest BCUT2D eigenvalue weighted by Crippen LogP contribution is -2.47. The van der Waals surface area contributed by atoms with Crippen molar-refractivity contribution in [2.45, 2.75) is 32.7 Å². The molecule has 1 fully saturated rings. The van der Waals surface area contributed by atoms with Crippen LogP contribution in [-0.4, -0.2) is 42.5 Å². The Morgan fingerprint density at radius 1 is 1.04 bits per heavy atom. The van der Waals surface area contributed by atoms with Crippen LogP contribution in [0.25, 0.3) is 0 Å². The van der Waals surface area contributed by atoms with Gasteiger partial charge in [0.2, 0.25) is 0 Å². The minimum Gasteiger partial charge on any atom is -0.484 e. The lowest BCUT2D eigenvalue weighted by atomic mass is 10.0. The summed E-state index contributed by atoms with van der Waals surface area (Å²) >= 11 is 0. The van der Waals surface area contributed by atoms with Crippen molar-refractivity contribution in [2.24, 2.45) is 0 Å². The fourth-order valence-electron chi connectivity index (χ4n) is 3.26. The van der Waals surface area contributed by atoms with Gasteiger partial charge < -0.3 is 15.0 Å². The van der Waals surface area contributed by atoms with E-state index in [4.69, 9.17) is 4.74 Å². The van der Waals surface area contributed by atoms with E-state index < -0.39 is 0 Å². The first-order valence-electron chi connectivity index (χ1n) is 9.36. The molecule has 2 amide bonds. The maximum atomic E-state index is 12.7. The second kappa shape index (κ2) is 8.71. The van der Waals surface area contributed by atoms with Gasteiger partial charge in [-0.25, -0.2) is 0 Å². The number of carbonyl (C=O) groups excluding carboxylic acids is 2. The number of hydrogen-bond donors (Lipinski definition) is 1. The molecule has 0 unspecified atom stereocenters. The molecule has 1 saturated heterocycles. The molecule has 0 saturated carbocycles. The normalized spacial score (nSPS) is 14.7. The highest BCUT2D eigenvalue weighted by molar-refractivity contribution is 5.95. The van der Waals surface area contributed by atoms with E-state index in [1.807, 2.05) is 67.3 Å². The van der Waals surface area contributed by atoms with Gasteiger partial charge in [-0.1, -0.05) is 35.9 Å². The highest BCUT2D eigenvalue weighted by atomic mass is 16.5. The summed E-state index contributed by atoms with van der Waals surface area (Å²) in [6.07, 6.45) is 1.52. The number of nitrogens with zero attached hydrogens (tertiary/aromatic N) is 1. The molecule has 3 rings (SSSR count). The minimum atomic E-state index is -0.126. The molecular formula is C22H26N2O3. The van der Waals surface area contributed by atoms with Crippen LogP contribution in [0.15, 0.2) is 48.5 Å². The minimum absolute atomic E-state index is 0.00537. The van der Waals surface area contributed by atoms with Crippen LogP contribution in [0, 0.1) is 13.8 Å². The smallest absolute Gasteiger partial charge is 0.258 e. The summed E-state index contributed by atoms with van der Waals surface area (Å²) < 4.78 is 5.52. The van der Waals surface area contributed by atoms with Crippen molar-refractivity contribution in [1.29, 1.82) is 0 Å². The molecule has 0 aliphatic carbocycles. The average molecular weight is 366 g/mol. The van der Waals surface area contributed by atoms with Crippen LogP contribution < -0.4 is 10.1 Å². The van der Waals surface area contributed by atoms with Gasteiger partial charge in [0.15, 0.2) is 6.61 Å². The summed E-state index contributed by atoms with van der Waals surface area (Å²) in [6.45, 7) is 5.26. The summed E-state index contributed by atoms with van der Waals surface area (Å²) in [5.41, 5.74) is 2.90. The number of likely N-dealkylation sites (tertiary alicyclic amines) is 1. The van der Waals surface area contributed by atoms with E-state index in [-0.39, 0.29) is 24.5 Å². The molecule has 142 valence electrons. The Bertz CT molecular complexity index is 793. The number of nitrogens with one attached hydrogen (secondary N) is 1. The van der Waals surface area contributed by atoms with E-state index in [9.17, 15) is 9.59 Å². The van der Waals surface area contributed by atoms with E-state index in [0.29, 0.717) is 18.8 Å². The van der Waals surface area contributed by atoms with Crippen LogP contribution >= 0.6 is 0 Å². The molecule has 1 aliphatic rings. The summed E-state index contributed by atoms with van der Waals surface area (Å²) in [6, 6.07) is 15.4. The van der Waals surface area contributed by atoms with E-state index in [1.54, 1.807) is 0 Å². The van der Waals surface area contributed by atoms with Crippen LogP contribution in [0.2, 0.25) is 0 Å². The lowest BCUT2D eigenvalue weighted by molar-refractivity contribution is -0.124. The first-order valence-corrected chi connectivity index (χ1v) is 9.36. The average Bonchev–Trinajstić information content (AvgIpc) is 2.68. The second-order valence-corrected chi connectivity index (χ2v) is 7.05. The molecule has 1 aliphatic heterocycles. The zero-order valence-corrected chi connectivity index (χ0v) is 15.9. The topological polar surface area (TPSA) is 58.6 Å². The van der Waals surface area contributed by atoms with Gasteiger partial charge in [0, 0.05) is 24.7 Å². The third kappa shape index (κ3) is 5.09. The Hall–Kier alpha value is -2.82. The van der Waals surface area contributed by atoms with Crippen molar-refractivity contribution in [2.75, 3.05) is 19.7 Å². The van der Waals surface area contributed by atoms with Gasteiger partial charge in [-0.15, -0.1) is 0 Å². The van der Waals surface area contributed by atoms with Crippen LogP contribution in [-0.2, 0) is 4.79 Å². The quantitative estimate of drug-likeness (QED) is 0.885. The summed E-state index contributed by atoms with van der Waals surface area (Å²) in [5, 5.41) is 3.01. The molecule has 2 aromatic rings. The highest BCUT2D eigenvalue weighted by Crippen LogP contribution is 2.16. The van der Waals surface area contributed by atoms with Crippen LogP contribution in [0.3, 0.4) is 0 Å². The molecule has 0 spiro atoms. The first kappa shape index (κ1) is 19.0. The predicted molar refractivity (Wildman–Crippen MR) is 105 cm³/mol. The molecule has 1 heterocycles. The fourth-order valence-corrected chi connectivity index (χ4v) is 3.26. The van der Waals surface area contributed by atoms with Crippen LogP contribution in [0.4, 0.5) is 0 Å². The molecule has 0 atom stereocenters. The van der Waals surface area contributed by atoms with E-state index in [0.717, 1.165) is 29.5 Å². The van der Waals surface area contributed by atoms with Crippen molar-refractivity contribution < 1.29 is 14.3 Å². The van der Waals surface area contributed by atoms with E-state index in [2.05, 4.69) is 5.32 Å². The van der Waals surface area contributed by atoms with Gasteiger partial charge in [0.1, 0.15) is 5.75 Å². The van der Waals surface area contributed by atoms with Crippen LogP contribution in [0.5, 0.6) is 5.75 Å². The van der Waals surface area contributed by atoms with Crippen LogP contribution in [0.1, 0.15) is 34.3 Å². The molecule has 5 nitrogen and oxygen atoms in total. The van der Waals surface area contributed by atoms with Gasteiger partial charge in [-0.2, -0.15) is 0 Å². The van der Waals surface area contributed by atoms with Gasteiger partial charge in [-0.05, 0) is 50.5 Å². The van der Waals surface area contributed by atoms with Gasteiger partial charge in [0.25, 0.3) is 11.8 Å². The number of hydrogen-bond acceptors (Lipinski definition) is 3. The number of ether oxygens (including phenoxy) is 1. The number of aryl methyl sites for hydroxylation is 2. The zero-order valence-electron chi connectivity index (χ0n) is 15.9. The van der Waals surface area contributed by atoms with Gasteiger partial charge in [0.05, 0.1) is 0 Å². The Morgan fingerprint density at radius 2 is 1.70 bits per heavy atom. The molecule has 5 heteroatoms. The monoisotopic (exact) mass is 366 g/mol. The van der Waals surface area contributed by atoms with E-state index >= 15 is 0 Å². The number of piperidine rings is 1. The third-order valence-electron chi connectivity index (χ3n) is 4.91. The Balaban J connectivity index is 1.43. The molecule has 2 aromatic carbocycles. The first-order chi connectivity index (χ1) is 13.0. The Labute approximate surface area is 160 Å².